The topological polar surface area (TPSA) is 79.3 Å². The van der Waals surface area contributed by atoms with Gasteiger partial charge in [-0.05, 0) is 41.3 Å². The maximum absolute atomic E-state index is 12.1. The number of nitrogens with zero attached hydrogens (tertiary/aromatic N) is 1. The van der Waals surface area contributed by atoms with Gasteiger partial charge in [-0.3, -0.25) is 14.6 Å². The Morgan fingerprint density at radius 3 is 2.72 bits per heavy atom. The van der Waals surface area contributed by atoms with Crippen molar-refractivity contribution >= 4 is 27.8 Å². The van der Waals surface area contributed by atoms with Crippen LogP contribution in [-0.4, -0.2) is 27.5 Å². The van der Waals surface area contributed by atoms with E-state index >= 15 is 0 Å². The van der Waals surface area contributed by atoms with Gasteiger partial charge in [-0.15, -0.1) is 0 Å². The molecule has 6 heteroatoms. The highest BCUT2D eigenvalue weighted by Crippen LogP contribution is 2.35. The highest BCUT2D eigenvalue weighted by Gasteiger charge is 2.40. The summed E-state index contributed by atoms with van der Waals surface area (Å²) in [6.45, 7) is 0. The molecule has 1 aromatic rings. The lowest BCUT2D eigenvalue weighted by atomic mass is 9.74. The predicted octanol–water partition coefficient (Wildman–Crippen LogP) is 1.97. The third-order valence-corrected chi connectivity index (χ3v) is 3.83. The lowest BCUT2D eigenvalue weighted by Crippen LogP contribution is -2.54. The minimum atomic E-state index is -0.885. The van der Waals surface area contributed by atoms with E-state index < -0.39 is 11.5 Å². The molecule has 1 aliphatic rings. The molecule has 0 saturated heterocycles. The van der Waals surface area contributed by atoms with Crippen LogP contribution >= 0.6 is 15.9 Å². The van der Waals surface area contributed by atoms with Crippen molar-refractivity contribution in [2.24, 2.45) is 0 Å². The molecule has 0 spiro atoms. The molecule has 0 atom stereocenters. The number of pyridine rings is 1. The van der Waals surface area contributed by atoms with E-state index in [1.807, 2.05) is 0 Å². The van der Waals surface area contributed by atoms with Gasteiger partial charge in [-0.2, -0.15) is 0 Å². The fourth-order valence-corrected chi connectivity index (χ4v) is 2.54. The molecule has 0 aliphatic heterocycles. The van der Waals surface area contributed by atoms with Crippen LogP contribution in [-0.2, 0) is 4.79 Å². The zero-order valence-electron chi connectivity index (χ0n) is 9.65. The molecule has 1 heterocycles. The van der Waals surface area contributed by atoms with Crippen LogP contribution in [0.15, 0.2) is 22.9 Å². The van der Waals surface area contributed by atoms with E-state index in [1.165, 1.54) is 6.20 Å². The molecule has 0 radical (unpaired) electrons. The van der Waals surface area contributed by atoms with Crippen LogP contribution in [0.3, 0.4) is 0 Å². The van der Waals surface area contributed by atoms with E-state index in [4.69, 9.17) is 5.11 Å². The third-order valence-electron chi connectivity index (χ3n) is 3.20. The Balaban J connectivity index is 2.11. The fraction of sp³-hybridized carbons (Fsp3) is 0.417. The molecule has 1 fully saturated rings. The second kappa shape index (κ2) is 5.06. The molecule has 0 unspecified atom stereocenters. The molecule has 0 aromatic carbocycles. The van der Waals surface area contributed by atoms with Crippen LogP contribution in [0, 0.1) is 0 Å². The third kappa shape index (κ3) is 2.69. The van der Waals surface area contributed by atoms with E-state index in [1.54, 1.807) is 12.3 Å². The number of amides is 1. The van der Waals surface area contributed by atoms with Crippen molar-refractivity contribution in [1.29, 1.82) is 0 Å². The van der Waals surface area contributed by atoms with E-state index in [2.05, 4.69) is 26.2 Å². The Labute approximate surface area is 113 Å². The summed E-state index contributed by atoms with van der Waals surface area (Å²) in [6, 6.07) is 1.60. The van der Waals surface area contributed by atoms with Crippen molar-refractivity contribution in [2.45, 2.75) is 31.2 Å². The van der Waals surface area contributed by atoms with Crippen LogP contribution in [0.1, 0.15) is 36.0 Å². The summed E-state index contributed by atoms with van der Waals surface area (Å²) in [4.78, 5) is 26.8. The van der Waals surface area contributed by atoms with Crippen molar-refractivity contribution in [2.75, 3.05) is 0 Å². The van der Waals surface area contributed by atoms with Gasteiger partial charge in [-0.25, -0.2) is 0 Å². The number of carbonyl (C=O) groups excluding carboxylic acids is 1. The molecule has 96 valence electrons. The van der Waals surface area contributed by atoms with Crippen LogP contribution < -0.4 is 5.32 Å². The van der Waals surface area contributed by atoms with E-state index in [0.29, 0.717) is 22.9 Å². The Morgan fingerprint density at radius 1 is 1.50 bits per heavy atom. The van der Waals surface area contributed by atoms with Crippen LogP contribution in [0.25, 0.3) is 0 Å². The molecule has 0 bridgehead atoms. The van der Waals surface area contributed by atoms with Crippen molar-refractivity contribution in [3.05, 3.63) is 28.5 Å². The van der Waals surface area contributed by atoms with Gasteiger partial charge >= 0.3 is 5.97 Å². The monoisotopic (exact) mass is 312 g/mol. The average Bonchev–Trinajstić information content (AvgIpc) is 2.25. The maximum atomic E-state index is 12.1. The molecule has 2 rings (SSSR count). The number of hydrogen-bond acceptors (Lipinski definition) is 3. The van der Waals surface area contributed by atoms with Crippen LogP contribution in [0.5, 0.6) is 0 Å². The van der Waals surface area contributed by atoms with Crippen LogP contribution in [0.4, 0.5) is 0 Å². The van der Waals surface area contributed by atoms with E-state index in [-0.39, 0.29) is 12.3 Å². The standard InChI is InChI=1S/C12H13BrN2O3/c13-9-7-14-5-2-8(9)11(18)15-12(3-1-4-12)6-10(16)17/h2,5,7H,1,3-4,6H2,(H,15,18)(H,16,17). The minimum Gasteiger partial charge on any atom is -0.481 e. The fourth-order valence-electron chi connectivity index (χ4n) is 2.11. The summed E-state index contributed by atoms with van der Waals surface area (Å²) in [5.74, 6) is -1.14. The van der Waals surface area contributed by atoms with E-state index in [0.717, 1.165) is 6.42 Å². The predicted molar refractivity (Wildman–Crippen MR) is 68.2 cm³/mol. The second-order valence-electron chi connectivity index (χ2n) is 4.51. The molecule has 1 aliphatic carbocycles. The summed E-state index contributed by atoms with van der Waals surface area (Å²) in [6.07, 6.45) is 5.43. The maximum Gasteiger partial charge on any atom is 0.305 e. The number of carboxylic acids is 1. The van der Waals surface area contributed by atoms with Gasteiger partial charge < -0.3 is 10.4 Å². The van der Waals surface area contributed by atoms with Crippen molar-refractivity contribution in [3.63, 3.8) is 0 Å². The summed E-state index contributed by atoms with van der Waals surface area (Å²) in [5.41, 5.74) is -0.104. The number of carbonyl (C=O) groups is 2. The van der Waals surface area contributed by atoms with Crippen LogP contribution in [0.2, 0.25) is 0 Å². The quantitative estimate of drug-likeness (QED) is 0.891. The average molecular weight is 313 g/mol. The Hall–Kier alpha value is -1.43. The summed E-state index contributed by atoms with van der Waals surface area (Å²) in [7, 11) is 0. The minimum absolute atomic E-state index is 0.0263. The molecule has 1 saturated carbocycles. The van der Waals surface area contributed by atoms with Gasteiger partial charge in [0.15, 0.2) is 0 Å². The smallest absolute Gasteiger partial charge is 0.305 e. The van der Waals surface area contributed by atoms with Gasteiger partial charge in [0.1, 0.15) is 0 Å². The number of nitrogens with one attached hydrogen (secondary N) is 1. The first kappa shape index (κ1) is 13.0. The summed E-state index contributed by atoms with van der Waals surface area (Å²) >= 11 is 3.26. The number of aliphatic carboxylic acids is 1. The van der Waals surface area contributed by atoms with Gasteiger partial charge in [0, 0.05) is 16.9 Å². The lowest BCUT2D eigenvalue weighted by molar-refractivity contribution is -0.139. The Bertz CT molecular complexity index is 486. The van der Waals surface area contributed by atoms with Crippen molar-refractivity contribution in [3.8, 4) is 0 Å². The van der Waals surface area contributed by atoms with Gasteiger partial charge in [0.25, 0.3) is 5.91 Å². The highest BCUT2D eigenvalue weighted by molar-refractivity contribution is 9.10. The highest BCUT2D eigenvalue weighted by atomic mass is 79.9. The first-order valence-corrected chi connectivity index (χ1v) is 6.46. The zero-order chi connectivity index (χ0) is 13.2. The number of halogens is 1. The number of hydrogen-bond donors (Lipinski definition) is 2. The number of aromatic nitrogens is 1. The second-order valence-corrected chi connectivity index (χ2v) is 5.37. The largest absolute Gasteiger partial charge is 0.481 e. The first-order chi connectivity index (χ1) is 8.52. The Morgan fingerprint density at radius 2 is 2.22 bits per heavy atom. The lowest BCUT2D eigenvalue weighted by Gasteiger charge is -2.41. The zero-order valence-corrected chi connectivity index (χ0v) is 11.2. The number of rotatable bonds is 4. The molecule has 1 aromatic heterocycles. The van der Waals surface area contributed by atoms with E-state index in [9.17, 15) is 9.59 Å². The molecule has 1 amide bonds. The van der Waals surface area contributed by atoms with Crippen molar-refractivity contribution < 1.29 is 14.7 Å². The normalized spacial score (nSPS) is 16.7. The molecular weight excluding hydrogens is 300 g/mol. The van der Waals surface area contributed by atoms with Gasteiger partial charge in [0.2, 0.25) is 0 Å². The molecule has 18 heavy (non-hydrogen) atoms. The summed E-state index contributed by atoms with van der Waals surface area (Å²) < 4.78 is 0.604. The summed E-state index contributed by atoms with van der Waals surface area (Å²) in [5, 5.41) is 11.7. The number of carboxylic acid groups (broad SMARTS) is 1. The molecule has 2 N–H and O–H groups in total. The molecular formula is C12H13BrN2O3. The van der Waals surface area contributed by atoms with Gasteiger partial charge in [-0.1, -0.05) is 0 Å². The van der Waals surface area contributed by atoms with Crippen molar-refractivity contribution in [1.82, 2.24) is 10.3 Å². The Kier molecular flexibility index (Phi) is 3.65. The van der Waals surface area contributed by atoms with Gasteiger partial charge in [0.05, 0.1) is 17.5 Å². The first-order valence-electron chi connectivity index (χ1n) is 5.66. The molecule has 5 nitrogen and oxygen atoms in total. The SMILES string of the molecule is O=C(O)CC1(NC(=O)c2ccncc2Br)CCC1.